The van der Waals surface area contributed by atoms with Crippen LogP contribution in [0.1, 0.15) is 25.8 Å². The summed E-state index contributed by atoms with van der Waals surface area (Å²) in [6.45, 7) is 9.64. The van der Waals surface area contributed by atoms with Gasteiger partial charge in [0.25, 0.3) is 0 Å². The highest BCUT2D eigenvalue weighted by atomic mass is 28.3. The molecule has 1 rings (SSSR count). The molecular weight excluding hydrogens is 184 g/mol. The van der Waals surface area contributed by atoms with Gasteiger partial charge < -0.3 is 0 Å². The Morgan fingerprint density at radius 2 is 1.64 bits per heavy atom. The molecule has 0 saturated carbocycles. The Morgan fingerprint density at radius 1 is 1.07 bits per heavy atom. The molecular formula is C13H21Si. The summed E-state index contributed by atoms with van der Waals surface area (Å²) in [4.78, 5) is 0. The molecule has 0 nitrogen and oxygen atoms in total. The predicted octanol–water partition coefficient (Wildman–Crippen LogP) is 4.15. The largest absolute Gasteiger partial charge is 0.0709 e. The second-order valence-electron chi connectivity index (χ2n) is 4.87. The maximum absolute atomic E-state index is 2.41. The SMILES string of the molecule is C[Si](C)C(C)(C)CCc1ccccc1. The summed E-state index contributed by atoms with van der Waals surface area (Å²) in [5.41, 5.74) is 1.48. The Morgan fingerprint density at radius 3 is 2.14 bits per heavy atom. The lowest BCUT2D eigenvalue weighted by Gasteiger charge is -2.28. The van der Waals surface area contributed by atoms with Crippen molar-refractivity contribution in [1.82, 2.24) is 0 Å². The summed E-state index contributed by atoms with van der Waals surface area (Å²) in [6, 6.07) is 10.8. The summed E-state index contributed by atoms with van der Waals surface area (Å²) in [7, 11) is -0.180. The van der Waals surface area contributed by atoms with E-state index in [0.29, 0.717) is 5.04 Å². The van der Waals surface area contributed by atoms with Crippen molar-refractivity contribution in [2.75, 3.05) is 0 Å². The van der Waals surface area contributed by atoms with E-state index in [1.54, 1.807) is 0 Å². The van der Waals surface area contributed by atoms with E-state index in [9.17, 15) is 0 Å². The van der Waals surface area contributed by atoms with Crippen molar-refractivity contribution >= 4 is 8.80 Å². The van der Waals surface area contributed by atoms with Gasteiger partial charge in [-0.05, 0) is 23.4 Å². The van der Waals surface area contributed by atoms with Crippen molar-refractivity contribution in [2.24, 2.45) is 0 Å². The van der Waals surface area contributed by atoms with Gasteiger partial charge in [0, 0.05) is 8.80 Å². The molecule has 1 radical (unpaired) electrons. The monoisotopic (exact) mass is 205 g/mol. The first kappa shape index (κ1) is 11.5. The van der Waals surface area contributed by atoms with E-state index < -0.39 is 0 Å². The smallest absolute Gasteiger partial charge is 0.0473 e. The van der Waals surface area contributed by atoms with Crippen LogP contribution >= 0.6 is 0 Å². The minimum atomic E-state index is -0.180. The highest BCUT2D eigenvalue weighted by molar-refractivity contribution is 6.59. The van der Waals surface area contributed by atoms with E-state index in [1.807, 2.05) is 0 Å². The van der Waals surface area contributed by atoms with Crippen LogP contribution in [0.5, 0.6) is 0 Å². The average Bonchev–Trinajstić information content (AvgIpc) is 2.16. The quantitative estimate of drug-likeness (QED) is 0.648. The van der Waals surface area contributed by atoms with Gasteiger partial charge >= 0.3 is 0 Å². The maximum atomic E-state index is 2.41. The molecule has 0 atom stereocenters. The predicted molar refractivity (Wildman–Crippen MR) is 66.3 cm³/mol. The van der Waals surface area contributed by atoms with Crippen LogP contribution in [-0.2, 0) is 6.42 Å². The summed E-state index contributed by atoms with van der Waals surface area (Å²) >= 11 is 0. The third-order valence-electron chi connectivity index (χ3n) is 3.24. The molecule has 14 heavy (non-hydrogen) atoms. The molecule has 0 aliphatic rings. The zero-order valence-electron chi connectivity index (χ0n) is 9.80. The van der Waals surface area contributed by atoms with Gasteiger partial charge in [-0.15, -0.1) is 0 Å². The average molecular weight is 205 g/mol. The van der Waals surface area contributed by atoms with E-state index in [0.717, 1.165) is 0 Å². The molecule has 1 aromatic rings. The Labute approximate surface area is 90.0 Å². The third kappa shape index (κ3) is 3.30. The van der Waals surface area contributed by atoms with Crippen molar-refractivity contribution in [3.05, 3.63) is 35.9 Å². The molecule has 0 fully saturated rings. The van der Waals surface area contributed by atoms with Gasteiger partial charge in [0.15, 0.2) is 0 Å². The molecule has 0 N–H and O–H groups in total. The number of hydrogen-bond acceptors (Lipinski definition) is 0. The normalized spacial score (nSPS) is 12.1. The first-order chi connectivity index (χ1) is 6.52. The van der Waals surface area contributed by atoms with E-state index in [4.69, 9.17) is 0 Å². The molecule has 0 heterocycles. The highest BCUT2D eigenvalue weighted by Gasteiger charge is 2.22. The van der Waals surface area contributed by atoms with Crippen molar-refractivity contribution < 1.29 is 0 Å². The molecule has 0 aromatic heterocycles. The lowest BCUT2D eigenvalue weighted by molar-refractivity contribution is 0.595. The number of rotatable bonds is 4. The van der Waals surface area contributed by atoms with Crippen LogP contribution in [0.4, 0.5) is 0 Å². The molecule has 0 amide bonds. The van der Waals surface area contributed by atoms with Gasteiger partial charge in [0.1, 0.15) is 0 Å². The van der Waals surface area contributed by atoms with Gasteiger partial charge in [0.2, 0.25) is 0 Å². The maximum Gasteiger partial charge on any atom is 0.0473 e. The summed E-state index contributed by atoms with van der Waals surface area (Å²) in [5, 5.41) is 0.556. The second kappa shape index (κ2) is 4.79. The van der Waals surface area contributed by atoms with E-state index in [1.165, 1.54) is 18.4 Å². The Balaban J connectivity index is 2.49. The zero-order valence-corrected chi connectivity index (χ0v) is 10.8. The Bertz CT molecular complexity index is 262. The fraction of sp³-hybridized carbons (Fsp3) is 0.538. The third-order valence-corrected chi connectivity index (χ3v) is 6.19. The van der Waals surface area contributed by atoms with Gasteiger partial charge in [0.05, 0.1) is 0 Å². The van der Waals surface area contributed by atoms with Crippen molar-refractivity contribution in [2.45, 2.75) is 44.8 Å². The molecule has 0 bridgehead atoms. The van der Waals surface area contributed by atoms with E-state index in [-0.39, 0.29) is 8.80 Å². The van der Waals surface area contributed by atoms with Gasteiger partial charge in [-0.3, -0.25) is 0 Å². The van der Waals surface area contributed by atoms with Crippen LogP contribution in [0.25, 0.3) is 0 Å². The van der Waals surface area contributed by atoms with Gasteiger partial charge in [-0.25, -0.2) is 0 Å². The molecule has 1 heteroatoms. The molecule has 0 aliphatic carbocycles. The summed E-state index contributed by atoms with van der Waals surface area (Å²) < 4.78 is 0. The van der Waals surface area contributed by atoms with Crippen LogP contribution in [0.2, 0.25) is 18.1 Å². The lowest BCUT2D eigenvalue weighted by atomic mass is 10.0. The molecule has 0 unspecified atom stereocenters. The zero-order chi connectivity index (χ0) is 10.6. The van der Waals surface area contributed by atoms with Crippen molar-refractivity contribution in [1.29, 1.82) is 0 Å². The number of hydrogen-bond donors (Lipinski definition) is 0. The van der Waals surface area contributed by atoms with Crippen molar-refractivity contribution in [3.63, 3.8) is 0 Å². The fourth-order valence-corrected chi connectivity index (χ4v) is 1.98. The van der Waals surface area contributed by atoms with Crippen LogP contribution in [0.15, 0.2) is 30.3 Å². The minimum Gasteiger partial charge on any atom is -0.0709 e. The van der Waals surface area contributed by atoms with Crippen LogP contribution in [0.3, 0.4) is 0 Å². The molecule has 77 valence electrons. The molecule has 0 saturated heterocycles. The van der Waals surface area contributed by atoms with E-state index >= 15 is 0 Å². The first-order valence-corrected chi connectivity index (χ1v) is 7.87. The highest BCUT2D eigenvalue weighted by Crippen LogP contribution is 2.33. The van der Waals surface area contributed by atoms with Gasteiger partial charge in [-0.1, -0.05) is 57.3 Å². The first-order valence-electron chi connectivity index (χ1n) is 5.37. The summed E-state index contributed by atoms with van der Waals surface area (Å²) in [5.74, 6) is 0. The lowest BCUT2D eigenvalue weighted by Crippen LogP contribution is -2.21. The molecule has 0 aliphatic heterocycles. The van der Waals surface area contributed by atoms with Crippen LogP contribution < -0.4 is 0 Å². The Hall–Kier alpha value is -0.563. The van der Waals surface area contributed by atoms with Gasteiger partial charge in [-0.2, -0.15) is 0 Å². The molecule has 0 spiro atoms. The number of aryl methyl sites for hydroxylation is 1. The standard InChI is InChI=1S/C13H21Si/c1-13(2,14(3)4)11-10-12-8-6-5-7-9-12/h5-9H,10-11H2,1-4H3. The topological polar surface area (TPSA) is 0 Å². The van der Waals surface area contributed by atoms with Crippen LogP contribution in [0, 0.1) is 0 Å². The minimum absolute atomic E-state index is 0.180. The Kier molecular flexibility index (Phi) is 3.94. The van der Waals surface area contributed by atoms with Crippen LogP contribution in [-0.4, -0.2) is 8.80 Å². The number of benzene rings is 1. The fourth-order valence-electron chi connectivity index (χ4n) is 1.35. The summed E-state index contributed by atoms with van der Waals surface area (Å²) in [6.07, 6.45) is 2.54. The molecule has 1 aromatic carbocycles. The van der Waals surface area contributed by atoms with Crippen molar-refractivity contribution in [3.8, 4) is 0 Å². The van der Waals surface area contributed by atoms with E-state index in [2.05, 4.69) is 57.3 Å². The second-order valence-corrected chi connectivity index (χ2v) is 8.22.